The Morgan fingerprint density at radius 1 is 0.301 bits per heavy atom. The molecule has 0 saturated carbocycles. The van der Waals surface area contributed by atoms with Crippen molar-refractivity contribution in [2.45, 2.75) is 514 Å². The SMILES string of the molecule is CCCCCCC/C=C\C/C=C\CCCCCCCCCCCCCCCCCCCCCCCCCCCCCC(=O)OC(COC(=O)CCCCCCCCCCCCCCCCCCCCCCCCCCCCCCCCCCCCCCCCCC)COP(=O)(O)OCC[N+](C)(C)C. The van der Waals surface area contributed by atoms with Crippen molar-refractivity contribution < 1.29 is 42.1 Å². The largest absolute Gasteiger partial charge is 0.472 e. The van der Waals surface area contributed by atoms with E-state index in [0.29, 0.717) is 17.4 Å². The number of allylic oxidation sites excluding steroid dienone is 4. The maximum Gasteiger partial charge on any atom is 0.472 e. The third-order valence-corrected chi connectivity index (χ3v) is 22.7. The van der Waals surface area contributed by atoms with Crippen LogP contribution in [0.15, 0.2) is 24.3 Å². The molecule has 0 fully saturated rings. The second-order valence-electron chi connectivity index (χ2n) is 33.4. The second-order valence-corrected chi connectivity index (χ2v) is 34.9. The van der Waals surface area contributed by atoms with Crippen LogP contribution in [0.1, 0.15) is 508 Å². The van der Waals surface area contributed by atoms with Crippen molar-refractivity contribution in [3.8, 4) is 0 Å². The van der Waals surface area contributed by atoms with Crippen molar-refractivity contribution >= 4 is 19.8 Å². The van der Waals surface area contributed by atoms with E-state index in [9.17, 15) is 19.0 Å². The first kappa shape index (κ1) is 101. The van der Waals surface area contributed by atoms with Gasteiger partial charge in [-0.25, -0.2) is 4.57 Å². The predicted octanol–water partition coefficient (Wildman–Crippen LogP) is 31.5. The number of likely N-dealkylation sites (N-methyl/N-ethyl adjacent to an activating group) is 1. The van der Waals surface area contributed by atoms with E-state index in [2.05, 4.69) is 38.2 Å². The highest BCUT2D eigenvalue weighted by atomic mass is 31.2. The average Bonchev–Trinajstić information content (AvgIpc) is 1.01. The summed E-state index contributed by atoms with van der Waals surface area (Å²) in [6, 6.07) is 0. The molecule has 0 aliphatic heterocycles. The number of esters is 2. The summed E-state index contributed by atoms with van der Waals surface area (Å²) < 4.78 is 34.9. The van der Waals surface area contributed by atoms with Crippen molar-refractivity contribution in [2.24, 2.45) is 0 Å². The molecule has 2 atom stereocenters. The molecular formula is C93H183NO8P+. The molecule has 0 saturated heterocycles. The molecule has 0 aromatic heterocycles. The number of quaternary nitrogens is 1. The molecule has 0 aliphatic rings. The lowest BCUT2D eigenvalue weighted by atomic mass is 10.0. The summed E-state index contributed by atoms with van der Waals surface area (Å²) in [7, 11) is 1.51. The van der Waals surface area contributed by atoms with Gasteiger partial charge in [0.1, 0.15) is 19.8 Å². The van der Waals surface area contributed by atoms with E-state index in [-0.39, 0.29) is 25.6 Å². The summed E-state index contributed by atoms with van der Waals surface area (Å²) in [5.41, 5.74) is 0. The van der Waals surface area contributed by atoms with Crippen LogP contribution in [0, 0.1) is 0 Å². The fourth-order valence-electron chi connectivity index (χ4n) is 14.6. The van der Waals surface area contributed by atoms with Gasteiger partial charge in [-0.3, -0.25) is 18.6 Å². The van der Waals surface area contributed by atoms with Crippen molar-refractivity contribution in [1.82, 2.24) is 0 Å². The Morgan fingerprint density at radius 3 is 0.767 bits per heavy atom. The van der Waals surface area contributed by atoms with E-state index in [1.807, 2.05) is 21.1 Å². The van der Waals surface area contributed by atoms with Gasteiger partial charge >= 0.3 is 19.8 Å². The molecule has 612 valence electrons. The summed E-state index contributed by atoms with van der Waals surface area (Å²) in [6.07, 6.45) is 111. The van der Waals surface area contributed by atoms with E-state index in [1.54, 1.807) is 0 Å². The van der Waals surface area contributed by atoms with Crippen LogP contribution in [0.3, 0.4) is 0 Å². The van der Waals surface area contributed by atoms with Crippen LogP contribution in [-0.4, -0.2) is 74.9 Å². The molecule has 0 heterocycles. The third-order valence-electron chi connectivity index (χ3n) is 21.7. The third kappa shape index (κ3) is 89.3. The molecule has 0 rings (SSSR count). The number of carbonyl (C=O) groups is 2. The lowest BCUT2D eigenvalue weighted by Gasteiger charge is -2.24. The highest BCUT2D eigenvalue weighted by Crippen LogP contribution is 2.43. The van der Waals surface area contributed by atoms with E-state index in [0.717, 1.165) is 44.9 Å². The number of rotatable bonds is 89. The number of hydrogen-bond donors (Lipinski definition) is 1. The molecule has 0 aromatic rings. The predicted molar refractivity (Wildman–Crippen MR) is 451 cm³/mol. The number of carbonyl (C=O) groups excluding carboxylic acids is 2. The second kappa shape index (κ2) is 84.5. The first-order chi connectivity index (χ1) is 50.5. The van der Waals surface area contributed by atoms with E-state index < -0.39 is 26.5 Å². The molecular weight excluding hydrogens is 1290 g/mol. The zero-order valence-corrected chi connectivity index (χ0v) is 71.3. The summed E-state index contributed by atoms with van der Waals surface area (Å²) in [6.45, 7) is 4.53. The Morgan fingerprint density at radius 2 is 0.524 bits per heavy atom. The topological polar surface area (TPSA) is 108 Å². The van der Waals surface area contributed by atoms with E-state index >= 15 is 0 Å². The molecule has 0 bridgehead atoms. The van der Waals surface area contributed by atoms with Gasteiger partial charge in [-0.2, -0.15) is 0 Å². The molecule has 1 N–H and O–H groups in total. The fourth-order valence-corrected chi connectivity index (χ4v) is 15.4. The van der Waals surface area contributed by atoms with Crippen molar-refractivity contribution in [1.29, 1.82) is 0 Å². The Labute approximate surface area is 644 Å². The number of hydrogen-bond acceptors (Lipinski definition) is 7. The molecule has 9 nitrogen and oxygen atoms in total. The quantitative estimate of drug-likeness (QED) is 0.0211. The number of ether oxygens (including phenoxy) is 2. The highest BCUT2D eigenvalue weighted by Gasteiger charge is 2.27. The number of unbranched alkanes of at least 4 members (excludes halogenated alkanes) is 71. The normalized spacial score (nSPS) is 13.0. The number of nitrogens with zero attached hydrogens (tertiary/aromatic N) is 1. The summed E-state index contributed by atoms with van der Waals surface area (Å²) in [5, 5.41) is 0. The number of phosphoric acid groups is 1. The van der Waals surface area contributed by atoms with Crippen LogP contribution in [0.25, 0.3) is 0 Å². The summed E-state index contributed by atoms with van der Waals surface area (Å²) >= 11 is 0. The Balaban J connectivity index is 3.81. The maximum atomic E-state index is 13.0. The maximum absolute atomic E-state index is 13.0. The van der Waals surface area contributed by atoms with Crippen LogP contribution in [0.5, 0.6) is 0 Å². The summed E-state index contributed by atoms with van der Waals surface area (Å²) in [4.78, 5) is 36.1. The van der Waals surface area contributed by atoms with Crippen LogP contribution in [0.4, 0.5) is 0 Å². The fraction of sp³-hybridized carbons (Fsp3) is 0.935. The molecule has 0 aliphatic carbocycles. The van der Waals surface area contributed by atoms with Crippen LogP contribution >= 0.6 is 7.82 Å². The molecule has 10 heteroatoms. The van der Waals surface area contributed by atoms with Gasteiger partial charge in [-0.1, -0.05) is 475 Å². The van der Waals surface area contributed by atoms with Gasteiger partial charge in [0.25, 0.3) is 0 Å². The van der Waals surface area contributed by atoms with Gasteiger partial charge in [0, 0.05) is 12.8 Å². The molecule has 0 spiro atoms. The summed E-state index contributed by atoms with van der Waals surface area (Å²) in [5.74, 6) is -0.764. The zero-order valence-electron chi connectivity index (χ0n) is 70.4. The molecule has 2 unspecified atom stereocenters. The van der Waals surface area contributed by atoms with Gasteiger partial charge in [0.05, 0.1) is 27.7 Å². The van der Waals surface area contributed by atoms with Crippen molar-refractivity contribution in [2.75, 3.05) is 47.5 Å². The molecule has 103 heavy (non-hydrogen) atoms. The Kier molecular flexibility index (Phi) is 83.3. The van der Waals surface area contributed by atoms with Crippen LogP contribution in [0.2, 0.25) is 0 Å². The molecule has 0 radical (unpaired) electrons. The average molecular weight is 1470 g/mol. The van der Waals surface area contributed by atoms with Gasteiger partial charge in [-0.15, -0.1) is 0 Å². The first-order valence-corrected chi connectivity index (χ1v) is 48.1. The minimum absolute atomic E-state index is 0.0368. The minimum atomic E-state index is -4.39. The van der Waals surface area contributed by atoms with Gasteiger partial charge < -0.3 is 18.9 Å². The standard InChI is InChI=1S/C93H182NO8P/c1-6-8-10-12-14-16-18-20-22-24-26-28-30-32-34-36-38-40-42-44-46-48-49-51-53-55-57-59-61-63-65-67-69-71-73-75-77-79-81-83-85-92(95)99-89-91(90-101-103(97,98)100-88-87-94(3,4)5)102-93(96)86-84-82-80-78-76-74-72-70-68-66-64-62-60-58-56-54-52-50-47-45-43-41-39-37-35-33-31-29-27-25-23-21-19-17-15-13-11-9-7-2/h19,21,25,27,91H,6-18,20,22-24,26,28-90H2,1-5H3/p+1/b21-19-,27-25-. The zero-order chi connectivity index (χ0) is 74.7. The smallest absolute Gasteiger partial charge is 0.462 e. The van der Waals surface area contributed by atoms with E-state index in [1.165, 1.54) is 437 Å². The molecule has 0 amide bonds. The van der Waals surface area contributed by atoms with Crippen molar-refractivity contribution in [3.63, 3.8) is 0 Å². The van der Waals surface area contributed by atoms with Crippen LogP contribution in [-0.2, 0) is 32.7 Å². The van der Waals surface area contributed by atoms with Gasteiger partial charge in [0.2, 0.25) is 0 Å². The van der Waals surface area contributed by atoms with Gasteiger partial charge in [0.15, 0.2) is 6.10 Å². The number of phosphoric ester groups is 1. The lowest BCUT2D eigenvalue weighted by molar-refractivity contribution is -0.870. The highest BCUT2D eigenvalue weighted by molar-refractivity contribution is 7.47. The molecule has 0 aromatic carbocycles. The lowest BCUT2D eigenvalue weighted by Crippen LogP contribution is -2.37. The van der Waals surface area contributed by atoms with Crippen molar-refractivity contribution in [3.05, 3.63) is 24.3 Å². The van der Waals surface area contributed by atoms with Crippen LogP contribution < -0.4 is 0 Å². The monoisotopic (exact) mass is 1470 g/mol. The Hall–Kier alpha value is -1.51. The first-order valence-electron chi connectivity index (χ1n) is 46.6. The minimum Gasteiger partial charge on any atom is -0.462 e. The Bertz CT molecular complexity index is 1780. The van der Waals surface area contributed by atoms with E-state index in [4.69, 9.17) is 18.5 Å². The van der Waals surface area contributed by atoms with Gasteiger partial charge in [-0.05, 0) is 44.9 Å².